The predicted molar refractivity (Wildman–Crippen MR) is 64.5 cm³/mol. The molecule has 1 aliphatic rings. The number of nitrogens with two attached hydrogens (primary N) is 1. The Morgan fingerprint density at radius 2 is 2.35 bits per heavy atom. The Hall–Kier alpha value is -2.04. The van der Waals surface area contributed by atoms with E-state index in [1.807, 2.05) is 0 Å². The van der Waals surface area contributed by atoms with E-state index < -0.39 is 36.8 Å². The molecule has 10 heteroatoms. The number of nitrogens with one attached hydrogen (secondary N) is 1. The van der Waals surface area contributed by atoms with Crippen molar-refractivity contribution in [2.24, 2.45) is 0 Å². The Morgan fingerprint density at radius 3 is 3.00 bits per heavy atom. The maximum atomic E-state index is 13.7. The molecule has 0 amide bonds. The van der Waals surface area contributed by atoms with Gasteiger partial charge >= 0.3 is 0 Å². The van der Waals surface area contributed by atoms with Crippen molar-refractivity contribution in [2.45, 2.75) is 24.6 Å². The highest BCUT2D eigenvalue weighted by molar-refractivity contribution is 5.70. The summed E-state index contributed by atoms with van der Waals surface area (Å²) >= 11 is 0. The van der Waals surface area contributed by atoms with Crippen LogP contribution in [-0.4, -0.2) is 54.7 Å². The van der Waals surface area contributed by atoms with Crippen LogP contribution in [0.2, 0.25) is 0 Å². The summed E-state index contributed by atoms with van der Waals surface area (Å²) < 4.78 is 20.1. The Morgan fingerprint density at radius 1 is 1.60 bits per heavy atom. The minimum absolute atomic E-state index is 0.00198. The highest BCUT2D eigenvalue weighted by Gasteiger charge is 2.45. The number of ether oxygens (including phenoxy) is 1. The van der Waals surface area contributed by atoms with Crippen LogP contribution >= 0.6 is 0 Å². The number of nitrogens with zero attached hydrogens (tertiary/aromatic N) is 3. The molecule has 3 rings (SSSR count). The van der Waals surface area contributed by atoms with Crippen LogP contribution < -0.4 is 11.3 Å². The number of hydrogen-bond acceptors (Lipinski definition) is 7. The van der Waals surface area contributed by atoms with E-state index in [0.29, 0.717) is 0 Å². The van der Waals surface area contributed by atoms with Crippen LogP contribution in [0.1, 0.15) is 6.23 Å². The van der Waals surface area contributed by atoms with Crippen molar-refractivity contribution in [1.29, 1.82) is 0 Å². The van der Waals surface area contributed by atoms with E-state index in [2.05, 4.69) is 15.0 Å². The SMILES string of the molecule is Nc1nc2c(ncn2[C@@H]2O[C@H](CO)[C@H](F)[C@H]2O)c(=O)[nH]1. The molecule has 0 radical (unpaired) electrons. The van der Waals surface area contributed by atoms with E-state index in [-0.39, 0.29) is 17.1 Å². The maximum Gasteiger partial charge on any atom is 0.280 e. The number of anilines is 1. The lowest BCUT2D eigenvalue weighted by atomic mass is 10.1. The van der Waals surface area contributed by atoms with Crippen molar-refractivity contribution in [2.75, 3.05) is 12.3 Å². The first kappa shape index (κ1) is 13.0. The Kier molecular flexibility index (Phi) is 2.92. The number of fused-ring (bicyclic) bond motifs is 1. The molecule has 2 aromatic heterocycles. The summed E-state index contributed by atoms with van der Waals surface area (Å²) in [6.45, 7) is -0.572. The van der Waals surface area contributed by atoms with E-state index in [1.165, 1.54) is 10.9 Å². The monoisotopic (exact) mass is 285 g/mol. The molecule has 0 unspecified atom stereocenters. The van der Waals surface area contributed by atoms with Crippen LogP contribution in [0.5, 0.6) is 0 Å². The molecular formula is C10H12FN5O4. The van der Waals surface area contributed by atoms with Gasteiger partial charge in [0.2, 0.25) is 5.95 Å². The third-order valence-electron chi connectivity index (χ3n) is 3.19. The number of imidazole rings is 1. The Labute approximate surface area is 110 Å². The molecule has 3 heterocycles. The summed E-state index contributed by atoms with van der Waals surface area (Å²) in [7, 11) is 0. The third-order valence-corrected chi connectivity index (χ3v) is 3.19. The normalized spacial score (nSPS) is 30.1. The molecule has 2 aromatic rings. The number of aliphatic hydroxyl groups is 2. The van der Waals surface area contributed by atoms with Gasteiger partial charge in [0, 0.05) is 0 Å². The topological polar surface area (TPSA) is 139 Å². The van der Waals surface area contributed by atoms with E-state index >= 15 is 0 Å². The van der Waals surface area contributed by atoms with E-state index in [4.69, 9.17) is 15.6 Å². The summed E-state index contributed by atoms with van der Waals surface area (Å²) in [5.74, 6) is -0.132. The molecule has 20 heavy (non-hydrogen) atoms. The van der Waals surface area contributed by atoms with Crippen LogP contribution in [0.15, 0.2) is 11.1 Å². The van der Waals surface area contributed by atoms with Gasteiger partial charge in [-0.3, -0.25) is 14.3 Å². The molecule has 1 aliphatic heterocycles. The second-order valence-electron chi connectivity index (χ2n) is 4.46. The standard InChI is InChI=1S/C10H12FN5O4/c11-4-3(1-17)20-9(6(4)18)16-2-13-5-7(16)14-10(12)15-8(5)19/h2-4,6,9,17-18H,1H2,(H3,12,14,15,19)/t3-,4+,6-,9-/m1/s1. The fraction of sp³-hybridized carbons (Fsp3) is 0.500. The first-order valence-corrected chi connectivity index (χ1v) is 5.83. The molecule has 108 valence electrons. The number of hydrogen-bond donors (Lipinski definition) is 4. The van der Waals surface area contributed by atoms with Crippen molar-refractivity contribution in [1.82, 2.24) is 19.5 Å². The molecule has 9 nitrogen and oxygen atoms in total. The lowest BCUT2D eigenvalue weighted by Gasteiger charge is -2.15. The number of nitrogen functional groups attached to an aromatic ring is 1. The highest BCUT2D eigenvalue weighted by Crippen LogP contribution is 2.32. The summed E-state index contributed by atoms with van der Waals surface area (Å²) in [4.78, 5) is 21.6. The number of alkyl halides is 1. The summed E-state index contributed by atoms with van der Waals surface area (Å²) in [5.41, 5.74) is 4.96. The van der Waals surface area contributed by atoms with Crippen LogP contribution in [0, 0.1) is 0 Å². The van der Waals surface area contributed by atoms with Crippen LogP contribution in [-0.2, 0) is 4.74 Å². The van der Waals surface area contributed by atoms with Gasteiger partial charge in [-0.1, -0.05) is 0 Å². The zero-order valence-electron chi connectivity index (χ0n) is 10.1. The molecular weight excluding hydrogens is 273 g/mol. The van der Waals surface area contributed by atoms with E-state index in [9.17, 15) is 14.3 Å². The number of H-pyrrole nitrogens is 1. The molecule has 0 saturated carbocycles. The number of aromatic nitrogens is 4. The van der Waals surface area contributed by atoms with Gasteiger partial charge in [-0.2, -0.15) is 4.98 Å². The average molecular weight is 285 g/mol. The molecule has 0 aromatic carbocycles. The van der Waals surface area contributed by atoms with Gasteiger partial charge < -0.3 is 20.7 Å². The van der Waals surface area contributed by atoms with Crippen LogP contribution in [0.25, 0.3) is 11.2 Å². The summed E-state index contributed by atoms with van der Waals surface area (Å²) in [6.07, 6.45) is -4.34. The molecule has 5 N–H and O–H groups in total. The molecule has 0 aliphatic carbocycles. The quantitative estimate of drug-likeness (QED) is 0.515. The largest absolute Gasteiger partial charge is 0.394 e. The van der Waals surface area contributed by atoms with Crippen LogP contribution in [0.4, 0.5) is 10.3 Å². The molecule has 0 spiro atoms. The van der Waals surface area contributed by atoms with Gasteiger partial charge in [0.05, 0.1) is 12.9 Å². The second kappa shape index (κ2) is 4.51. The minimum Gasteiger partial charge on any atom is -0.394 e. The fourth-order valence-electron chi connectivity index (χ4n) is 2.21. The summed E-state index contributed by atoms with van der Waals surface area (Å²) in [5, 5.41) is 18.8. The number of rotatable bonds is 2. The smallest absolute Gasteiger partial charge is 0.280 e. The van der Waals surface area contributed by atoms with Gasteiger partial charge in [0.15, 0.2) is 23.6 Å². The zero-order chi connectivity index (χ0) is 14.4. The number of aromatic amines is 1. The van der Waals surface area contributed by atoms with Gasteiger partial charge in [0.25, 0.3) is 5.56 Å². The highest BCUT2D eigenvalue weighted by atomic mass is 19.1. The molecule has 1 fully saturated rings. The Balaban J connectivity index is 2.09. The first-order chi connectivity index (χ1) is 9.52. The Bertz CT molecular complexity index is 701. The van der Waals surface area contributed by atoms with Crippen molar-refractivity contribution >= 4 is 17.1 Å². The van der Waals surface area contributed by atoms with Crippen molar-refractivity contribution in [3.8, 4) is 0 Å². The van der Waals surface area contributed by atoms with Crippen molar-refractivity contribution in [3.63, 3.8) is 0 Å². The van der Waals surface area contributed by atoms with Crippen molar-refractivity contribution < 1.29 is 19.3 Å². The maximum absolute atomic E-state index is 13.7. The van der Waals surface area contributed by atoms with Crippen molar-refractivity contribution in [3.05, 3.63) is 16.7 Å². The first-order valence-electron chi connectivity index (χ1n) is 5.83. The van der Waals surface area contributed by atoms with Gasteiger partial charge in [0.1, 0.15) is 12.2 Å². The average Bonchev–Trinajstić information content (AvgIpc) is 2.93. The third kappa shape index (κ3) is 1.77. The lowest BCUT2D eigenvalue weighted by molar-refractivity contribution is -0.0495. The van der Waals surface area contributed by atoms with E-state index in [1.54, 1.807) is 0 Å². The lowest BCUT2D eigenvalue weighted by Crippen LogP contribution is -2.29. The second-order valence-corrected chi connectivity index (χ2v) is 4.46. The number of halogens is 1. The number of aliphatic hydroxyl groups excluding tert-OH is 2. The molecule has 0 bridgehead atoms. The zero-order valence-corrected chi connectivity index (χ0v) is 10.1. The molecule has 4 atom stereocenters. The van der Waals surface area contributed by atoms with Gasteiger partial charge in [-0.25, -0.2) is 9.37 Å². The minimum atomic E-state index is -1.75. The predicted octanol–water partition coefficient (Wildman–Crippen LogP) is -1.71. The van der Waals surface area contributed by atoms with E-state index in [0.717, 1.165) is 0 Å². The fourth-order valence-corrected chi connectivity index (χ4v) is 2.21. The molecule has 1 saturated heterocycles. The summed E-state index contributed by atoms with van der Waals surface area (Å²) in [6, 6.07) is 0. The van der Waals surface area contributed by atoms with Crippen LogP contribution in [0.3, 0.4) is 0 Å². The van der Waals surface area contributed by atoms with Gasteiger partial charge in [-0.05, 0) is 0 Å². The van der Waals surface area contributed by atoms with Gasteiger partial charge in [-0.15, -0.1) is 0 Å².